The molecule has 2 heteroatoms. The quantitative estimate of drug-likeness (QED) is 0.714. The highest BCUT2D eigenvalue weighted by Gasteiger charge is 2.17. The monoisotopic (exact) mass is 215 g/mol. The van der Waals surface area contributed by atoms with Crippen LogP contribution < -0.4 is 0 Å². The van der Waals surface area contributed by atoms with Crippen molar-refractivity contribution in [1.29, 1.82) is 0 Å². The number of methoxy groups -OCH3 is 1. The summed E-state index contributed by atoms with van der Waals surface area (Å²) in [5, 5.41) is 0. The lowest BCUT2D eigenvalue weighted by Gasteiger charge is -2.31. The first-order valence-corrected chi connectivity index (χ1v) is 6.47. The van der Waals surface area contributed by atoms with Crippen LogP contribution in [0, 0.1) is 5.92 Å². The highest BCUT2D eigenvalue weighted by atomic mass is 16.5. The molecule has 1 aliphatic rings. The maximum Gasteiger partial charge on any atom is 0.0595 e. The molecule has 0 aromatic rings. The Morgan fingerprint density at radius 3 is 2.13 bits per heavy atom. The molecule has 1 saturated heterocycles. The molecule has 0 saturated carbocycles. The Morgan fingerprint density at radius 1 is 1.20 bits per heavy atom. The van der Waals surface area contributed by atoms with E-state index in [0.717, 1.165) is 5.92 Å². The van der Waals surface area contributed by atoms with E-state index in [0.29, 0.717) is 6.10 Å². The summed E-state index contributed by atoms with van der Waals surface area (Å²) in [5.74, 6) is 0.833. The van der Waals surface area contributed by atoms with E-state index in [9.17, 15) is 0 Å². The van der Waals surface area contributed by atoms with Crippen molar-refractivity contribution < 1.29 is 4.74 Å². The van der Waals surface area contributed by atoms with Crippen molar-refractivity contribution in [2.45, 2.75) is 53.1 Å². The average molecular weight is 215 g/mol. The number of hydrogen-bond acceptors (Lipinski definition) is 2. The molecule has 0 N–H and O–H groups in total. The Bertz CT molecular complexity index is 128. The molecule has 92 valence electrons. The van der Waals surface area contributed by atoms with Crippen LogP contribution in [0.25, 0.3) is 0 Å². The van der Waals surface area contributed by atoms with E-state index in [1.807, 2.05) is 21.0 Å². The van der Waals surface area contributed by atoms with Crippen molar-refractivity contribution in [2.75, 3.05) is 26.7 Å². The van der Waals surface area contributed by atoms with E-state index in [-0.39, 0.29) is 0 Å². The third-order valence-electron chi connectivity index (χ3n) is 2.89. The number of hydrogen-bond donors (Lipinski definition) is 0. The number of likely N-dealkylation sites (tertiary alicyclic amines) is 1. The van der Waals surface area contributed by atoms with Crippen LogP contribution in [-0.4, -0.2) is 37.7 Å². The molecule has 1 aliphatic heterocycles. The van der Waals surface area contributed by atoms with E-state index in [1.165, 1.54) is 38.9 Å². The van der Waals surface area contributed by atoms with E-state index in [2.05, 4.69) is 18.7 Å². The van der Waals surface area contributed by atoms with E-state index in [1.54, 1.807) is 0 Å². The fourth-order valence-electron chi connectivity index (χ4n) is 1.81. The van der Waals surface area contributed by atoms with Crippen molar-refractivity contribution in [3.8, 4) is 0 Å². The summed E-state index contributed by atoms with van der Waals surface area (Å²) in [4.78, 5) is 2.56. The maximum atomic E-state index is 5.34. The maximum absolute atomic E-state index is 5.34. The second kappa shape index (κ2) is 9.17. The molecular weight excluding hydrogens is 186 g/mol. The minimum Gasteiger partial charge on any atom is -0.381 e. The standard InChI is InChI=1S/C11H23NO.C2H6/c1-10(2)4-7-12-8-5-11(13-3)6-9-12;1-2/h10-11H,4-9H2,1-3H3;1-2H3. The molecular formula is C13H29NO. The summed E-state index contributed by atoms with van der Waals surface area (Å²) in [5.41, 5.74) is 0. The normalized spacial score (nSPS) is 18.8. The first-order chi connectivity index (χ1) is 7.22. The van der Waals surface area contributed by atoms with Gasteiger partial charge in [-0.1, -0.05) is 27.7 Å². The Labute approximate surface area is 96.0 Å². The lowest BCUT2D eigenvalue weighted by Crippen LogP contribution is -2.37. The molecule has 15 heavy (non-hydrogen) atoms. The minimum absolute atomic E-state index is 0.523. The highest BCUT2D eigenvalue weighted by molar-refractivity contribution is 4.72. The van der Waals surface area contributed by atoms with Crippen LogP contribution in [-0.2, 0) is 4.74 Å². The van der Waals surface area contributed by atoms with Gasteiger partial charge in [0, 0.05) is 20.2 Å². The second-order valence-corrected chi connectivity index (χ2v) is 4.46. The molecule has 0 aromatic carbocycles. The van der Waals surface area contributed by atoms with Gasteiger partial charge in [0.15, 0.2) is 0 Å². The average Bonchev–Trinajstić information content (AvgIpc) is 2.30. The first kappa shape index (κ1) is 14.9. The van der Waals surface area contributed by atoms with Crippen molar-refractivity contribution in [3.05, 3.63) is 0 Å². The summed E-state index contributed by atoms with van der Waals surface area (Å²) in [7, 11) is 1.83. The molecule has 0 amide bonds. The van der Waals surface area contributed by atoms with Crippen molar-refractivity contribution >= 4 is 0 Å². The van der Waals surface area contributed by atoms with Gasteiger partial charge in [0.2, 0.25) is 0 Å². The summed E-state index contributed by atoms with van der Waals surface area (Å²) in [6, 6.07) is 0. The summed E-state index contributed by atoms with van der Waals surface area (Å²) >= 11 is 0. The van der Waals surface area contributed by atoms with Gasteiger partial charge < -0.3 is 9.64 Å². The molecule has 1 fully saturated rings. The summed E-state index contributed by atoms with van der Waals surface area (Å²) < 4.78 is 5.34. The predicted octanol–water partition coefficient (Wildman–Crippen LogP) is 3.17. The topological polar surface area (TPSA) is 12.5 Å². The number of ether oxygens (including phenoxy) is 1. The van der Waals surface area contributed by atoms with Crippen LogP contribution >= 0.6 is 0 Å². The van der Waals surface area contributed by atoms with Crippen molar-refractivity contribution in [1.82, 2.24) is 4.90 Å². The molecule has 2 nitrogen and oxygen atoms in total. The largest absolute Gasteiger partial charge is 0.381 e. The zero-order chi connectivity index (χ0) is 11.7. The van der Waals surface area contributed by atoms with Gasteiger partial charge in [-0.25, -0.2) is 0 Å². The van der Waals surface area contributed by atoms with Gasteiger partial charge in [-0.2, -0.15) is 0 Å². The zero-order valence-corrected chi connectivity index (χ0v) is 11.3. The molecule has 0 aliphatic carbocycles. The van der Waals surface area contributed by atoms with Gasteiger partial charge in [0.25, 0.3) is 0 Å². The molecule has 1 rings (SSSR count). The second-order valence-electron chi connectivity index (χ2n) is 4.46. The van der Waals surface area contributed by atoms with E-state index < -0.39 is 0 Å². The van der Waals surface area contributed by atoms with Crippen LogP contribution in [0.4, 0.5) is 0 Å². The van der Waals surface area contributed by atoms with Gasteiger partial charge >= 0.3 is 0 Å². The minimum atomic E-state index is 0.523. The number of rotatable bonds is 4. The van der Waals surface area contributed by atoms with Crippen molar-refractivity contribution in [3.63, 3.8) is 0 Å². The highest BCUT2D eigenvalue weighted by Crippen LogP contribution is 2.13. The van der Waals surface area contributed by atoms with Gasteiger partial charge in [0.1, 0.15) is 0 Å². The molecule has 0 bridgehead atoms. The molecule has 0 atom stereocenters. The Hall–Kier alpha value is -0.0800. The smallest absolute Gasteiger partial charge is 0.0595 e. The number of piperidine rings is 1. The lowest BCUT2D eigenvalue weighted by atomic mass is 10.1. The van der Waals surface area contributed by atoms with Crippen LogP contribution in [0.5, 0.6) is 0 Å². The van der Waals surface area contributed by atoms with Gasteiger partial charge in [-0.15, -0.1) is 0 Å². The fraction of sp³-hybridized carbons (Fsp3) is 1.00. The van der Waals surface area contributed by atoms with Gasteiger partial charge in [-0.3, -0.25) is 0 Å². The Kier molecular flexibility index (Phi) is 9.12. The summed E-state index contributed by atoms with van der Waals surface area (Å²) in [6.07, 6.45) is 4.29. The lowest BCUT2D eigenvalue weighted by molar-refractivity contribution is 0.0400. The van der Waals surface area contributed by atoms with E-state index >= 15 is 0 Å². The van der Waals surface area contributed by atoms with Gasteiger partial charge in [-0.05, 0) is 31.7 Å². The molecule has 0 spiro atoms. The van der Waals surface area contributed by atoms with Crippen LogP contribution in [0.15, 0.2) is 0 Å². The van der Waals surface area contributed by atoms with E-state index in [4.69, 9.17) is 4.74 Å². The SMILES string of the molecule is CC.COC1CCN(CCC(C)C)CC1. The third kappa shape index (κ3) is 6.91. The number of nitrogens with zero attached hydrogens (tertiary/aromatic N) is 1. The predicted molar refractivity (Wildman–Crippen MR) is 67.3 cm³/mol. The molecule has 0 unspecified atom stereocenters. The Morgan fingerprint density at radius 2 is 1.73 bits per heavy atom. The van der Waals surface area contributed by atoms with Crippen LogP contribution in [0.2, 0.25) is 0 Å². The summed E-state index contributed by atoms with van der Waals surface area (Å²) in [6.45, 7) is 12.3. The van der Waals surface area contributed by atoms with Crippen LogP contribution in [0.3, 0.4) is 0 Å². The van der Waals surface area contributed by atoms with Crippen molar-refractivity contribution in [2.24, 2.45) is 5.92 Å². The van der Waals surface area contributed by atoms with Crippen LogP contribution in [0.1, 0.15) is 47.0 Å². The van der Waals surface area contributed by atoms with Gasteiger partial charge in [0.05, 0.1) is 6.10 Å². The fourth-order valence-corrected chi connectivity index (χ4v) is 1.81. The third-order valence-corrected chi connectivity index (χ3v) is 2.89. The first-order valence-electron chi connectivity index (χ1n) is 6.47. The zero-order valence-electron chi connectivity index (χ0n) is 11.3. The molecule has 0 aromatic heterocycles. The molecule has 0 radical (unpaired) electrons. The molecule has 1 heterocycles. The Balaban J connectivity index is 0.000000921.